The summed E-state index contributed by atoms with van der Waals surface area (Å²) in [7, 11) is -4.34. The van der Waals surface area contributed by atoms with Crippen LogP contribution in [0.15, 0.2) is 53.4 Å². The molecule has 3 rings (SSSR count). The van der Waals surface area contributed by atoms with Crippen molar-refractivity contribution < 1.29 is 27.1 Å². The summed E-state index contributed by atoms with van der Waals surface area (Å²) in [4.78, 5) is 35.0. The molecule has 10 heteroatoms. The number of fused-ring (bicyclic) bond motifs is 1. The van der Waals surface area contributed by atoms with Crippen LogP contribution in [0.2, 0.25) is 0 Å². The molecule has 1 aliphatic heterocycles. The summed E-state index contributed by atoms with van der Waals surface area (Å²) >= 11 is 0. The molecular formula is C17H14N2O7S. The summed E-state index contributed by atoms with van der Waals surface area (Å²) in [6, 6.07) is 11.2. The molecule has 0 N–H and O–H groups in total. The zero-order valence-corrected chi connectivity index (χ0v) is 14.7. The zero-order valence-electron chi connectivity index (χ0n) is 13.9. The van der Waals surface area contributed by atoms with Crippen molar-refractivity contribution in [3.05, 3.63) is 69.8 Å². The second-order valence-corrected chi connectivity index (χ2v) is 7.25. The maximum atomic E-state index is 12.2. The summed E-state index contributed by atoms with van der Waals surface area (Å²) < 4.78 is 29.2. The molecule has 9 nitrogen and oxygen atoms in total. The molecule has 0 aliphatic carbocycles. The van der Waals surface area contributed by atoms with Crippen LogP contribution in [0.3, 0.4) is 0 Å². The summed E-state index contributed by atoms with van der Waals surface area (Å²) in [6.07, 6.45) is 0.0608. The number of nitro groups is 1. The SMILES string of the molecule is O=C1c2ccccc2C(=O)N1CCCOS(=O)(=O)c1ccccc1[N+](=O)[O-]. The van der Waals surface area contributed by atoms with E-state index in [-0.39, 0.29) is 19.6 Å². The van der Waals surface area contributed by atoms with E-state index in [2.05, 4.69) is 0 Å². The largest absolute Gasteiger partial charge is 0.303 e. The third-order valence-corrected chi connectivity index (χ3v) is 5.33. The predicted octanol–water partition coefficient (Wildman–Crippen LogP) is 1.99. The summed E-state index contributed by atoms with van der Waals surface area (Å²) in [5.41, 5.74) is 0.0183. The molecule has 1 heterocycles. The highest BCUT2D eigenvalue weighted by molar-refractivity contribution is 7.87. The standard InChI is InChI=1S/C17H14N2O7S/c20-16-12-6-1-2-7-13(12)17(21)18(16)10-5-11-26-27(24,25)15-9-4-3-8-14(15)19(22)23/h1-4,6-9H,5,10-11H2. The first-order valence-electron chi connectivity index (χ1n) is 7.91. The molecule has 27 heavy (non-hydrogen) atoms. The van der Waals surface area contributed by atoms with Crippen molar-refractivity contribution in [2.24, 2.45) is 0 Å². The molecule has 0 saturated carbocycles. The molecule has 0 bridgehead atoms. The van der Waals surface area contributed by atoms with Gasteiger partial charge in [-0.25, -0.2) is 0 Å². The van der Waals surface area contributed by atoms with Gasteiger partial charge in [-0.05, 0) is 24.6 Å². The number of imide groups is 1. The number of hydrogen-bond acceptors (Lipinski definition) is 7. The fourth-order valence-electron chi connectivity index (χ4n) is 2.72. The molecule has 0 spiro atoms. The van der Waals surface area contributed by atoms with Crippen molar-refractivity contribution in [3.8, 4) is 0 Å². The molecule has 2 aromatic carbocycles. The third-order valence-electron chi connectivity index (χ3n) is 3.97. The Morgan fingerprint density at radius 1 is 0.963 bits per heavy atom. The molecule has 140 valence electrons. The van der Waals surface area contributed by atoms with Crippen LogP contribution in [-0.4, -0.2) is 43.2 Å². The number of benzene rings is 2. The van der Waals surface area contributed by atoms with E-state index in [4.69, 9.17) is 4.18 Å². The van der Waals surface area contributed by atoms with Crippen LogP contribution in [0, 0.1) is 10.1 Å². The Labute approximate surface area is 154 Å². The minimum atomic E-state index is -4.34. The second kappa shape index (κ2) is 7.25. The lowest BCUT2D eigenvalue weighted by Gasteiger charge is -2.13. The highest BCUT2D eigenvalue weighted by Crippen LogP contribution is 2.25. The molecule has 0 aromatic heterocycles. The van der Waals surface area contributed by atoms with E-state index in [1.54, 1.807) is 24.3 Å². The monoisotopic (exact) mass is 390 g/mol. The smallest absolute Gasteiger partial charge is 0.274 e. The maximum Gasteiger partial charge on any atom is 0.303 e. The van der Waals surface area contributed by atoms with E-state index >= 15 is 0 Å². The van der Waals surface area contributed by atoms with E-state index in [9.17, 15) is 28.1 Å². The van der Waals surface area contributed by atoms with Crippen LogP contribution >= 0.6 is 0 Å². The number of nitro benzene ring substituents is 1. The average molecular weight is 390 g/mol. The number of amides is 2. The fourth-order valence-corrected chi connectivity index (χ4v) is 3.82. The van der Waals surface area contributed by atoms with Gasteiger partial charge in [0.05, 0.1) is 22.7 Å². The Hall–Kier alpha value is -3.11. The van der Waals surface area contributed by atoms with E-state index in [1.807, 2.05) is 0 Å². The van der Waals surface area contributed by atoms with Crippen molar-refractivity contribution in [1.82, 2.24) is 4.90 Å². The molecule has 0 atom stereocenters. The van der Waals surface area contributed by atoms with E-state index < -0.39 is 37.4 Å². The molecule has 0 fully saturated rings. The normalized spacial score (nSPS) is 13.7. The Morgan fingerprint density at radius 2 is 1.52 bits per heavy atom. The molecule has 0 saturated heterocycles. The quantitative estimate of drug-likeness (QED) is 0.233. The fraction of sp³-hybridized carbons (Fsp3) is 0.176. The van der Waals surface area contributed by atoms with Gasteiger partial charge in [-0.1, -0.05) is 24.3 Å². The Morgan fingerprint density at radius 3 is 2.11 bits per heavy atom. The Bertz CT molecular complexity index is 998. The van der Waals surface area contributed by atoms with Gasteiger partial charge >= 0.3 is 10.1 Å². The van der Waals surface area contributed by atoms with Crippen LogP contribution in [-0.2, 0) is 14.3 Å². The lowest BCUT2D eigenvalue weighted by atomic mass is 10.1. The van der Waals surface area contributed by atoms with Gasteiger partial charge in [0.25, 0.3) is 17.5 Å². The number of carbonyl (C=O) groups excluding carboxylic acids is 2. The van der Waals surface area contributed by atoms with E-state index in [0.717, 1.165) is 17.0 Å². The average Bonchev–Trinajstić information content (AvgIpc) is 2.90. The second-order valence-electron chi connectivity index (χ2n) is 5.66. The van der Waals surface area contributed by atoms with Gasteiger partial charge in [-0.15, -0.1) is 0 Å². The van der Waals surface area contributed by atoms with Crippen molar-refractivity contribution in [1.29, 1.82) is 0 Å². The highest BCUT2D eigenvalue weighted by Gasteiger charge is 2.34. The van der Waals surface area contributed by atoms with Crippen molar-refractivity contribution in [3.63, 3.8) is 0 Å². The molecule has 0 radical (unpaired) electrons. The molecule has 2 aromatic rings. The summed E-state index contributed by atoms with van der Waals surface area (Å²) in [5.74, 6) is -0.894. The minimum Gasteiger partial charge on any atom is -0.274 e. The van der Waals surface area contributed by atoms with Gasteiger partial charge in [0.15, 0.2) is 4.90 Å². The highest BCUT2D eigenvalue weighted by atomic mass is 32.2. The number of hydrogen-bond donors (Lipinski definition) is 0. The van der Waals surface area contributed by atoms with Crippen LogP contribution < -0.4 is 0 Å². The van der Waals surface area contributed by atoms with Crippen molar-refractivity contribution in [2.45, 2.75) is 11.3 Å². The van der Waals surface area contributed by atoms with E-state index in [0.29, 0.717) is 11.1 Å². The first kappa shape index (κ1) is 18.7. The molecule has 0 unspecified atom stereocenters. The lowest BCUT2D eigenvalue weighted by molar-refractivity contribution is -0.387. The van der Waals surface area contributed by atoms with Gasteiger partial charge in [-0.3, -0.25) is 28.8 Å². The summed E-state index contributed by atoms with van der Waals surface area (Å²) in [5, 5.41) is 11.0. The molecular weight excluding hydrogens is 376 g/mol. The first-order valence-corrected chi connectivity index (χ1v) is 9.32. The van der Waals surface area contributed by atoms with Crippen LogP contribution in [0.1, 0.15) is 27.1 Å². The van der Waals surface area contributed by atoms with Crippen molar-refractivity contribution in [2.75, 3.05) is 13.2 Å². The van der Waals surface area contributed by atoms with Gasteiger partial charge < -0.3 is 0 Å². The zero-order chi connectivity index (χ0) is 19.6. The third kappa shape index (κ3) is 3.57. The molecule has 2 amide bonds. The number of rotatable bonds is 7. The van der Waals surface area contributed by atoms with Crippen LogP contribution in [0.4, 0.5) is 5.69 Å². The Kier molecular flexibility index (Phi) is 5.02. The van der Waals surface area contributed by atoms with Gasteiger partial charge in [0.1, 0.15) is 0 Å². The predicted molar refractivity (Wildman–Crippen MR) is 92.7 cm³/mol. The van der Waals surface area contributed by atoms with Crippen LogP contribution in [0.25, 0.3) is 0 Å². The number of nitrogens with zero attached hydrogens (tertiary/aromatic N) is 2. The van der Waals surface area contributed by atoms with E-state index in [1.165, 1.54) is 12.1 Å². The summed E-state index contributed by atoms with van der Waals surface area (Å²) in [6.45, 7) is -0.361. The number of para-hydroxylation sites is 1. The lowest BCUT2D eigenvalue weighted by Crippen LogP contribution is -2.31. The Balaban J connectivity index is 1.62. The van der Waals surface area contributed by atoms with Crippen LogP contribution in [0.5, 0.6) is 0 Å². The topological polar surface area (TPSA) is 124 Å². The van der Waals surface area contributed by atoms with Crippen molar-refractivity contribution >= 4 is 27.6 Å². The number of carbonyl (C=O) groups is 2. The maximum absolute atomic E-state index is 12.2. The van der Waals surface area contributed by atoms with Gasteiger partial charge in [0, 0.05) is 12.6 Å². The van der Waals surface area contributed by atoms with Gasteiger partial charge in [0.2, 0.25) is 0 Å². The molecule has 1 aliphatic rings. The first-order chi connectivity index (χ1) is 12.8. The minimum absolute atomic E-state index is 0.0290. The van der Waals surface area contributed by atoms with Gasteiger partial charge in [-0.2, -0.15) is 8.42 Å².